The van der Waals surface area contributed by atoms with Crippen molar-refractivity contribution in [3.05, 3.63) is 45.7 Å². The first-order valence-corrected chi connectivity index (χ1v) is 9.48. The predicted octanol–water partition coefficient (Wildman–Crippen LogP) is 3.33. The molecule has 2 N–H and O–H groups in total. The van der Waals surface area contributed by atoms with Crippen LogP contribution in [0.3, 0.4) is 0 Å². The molecule has 1 aliphatic carbocycles. The van der Waals surface area contributed by atoms with Gasteiger partial charge in [-0.15, -0.1) is 35.3 Å². The van der Waals surface area contributed by atoms with Crippen LogP contribution in [0.5, 0.6) is 0 Å². The number of pyridine rings is 1. The summed E-state index contributed by atoms with van der Waals surface area (Å²) in [6.45, 7) is 1.58. The van der Waals surface area contributed by atoms with Crippen molar-refractivity contribution in [1.82, 2.24) is 20.6 Å². The van der Waals surface area contributed by atoms with E-state index < -0.39 is 0 Å². The average molecular weight is 471 g/mol. The van der Waals surface area contributed by atoms with Gasteiger partial charge in [-0.05, 0) is 44.2 Å². The van der Waals surface area contributed by atoms with Gasteiger partial charge in [0.2, 0.25) is 0 Å². The molecule has 0 aliphatic heterocycles. The minimum Gasteiger partial charge on any atom is -0.356 e. The molecule has 0 spiro atoms. The average Bonchev–Trinajstić information content (AvgIpc) is 3.05. The number of hydrogen-bond donors (Lipinski definition) is 2. The zero-order chi connectivity index (χ0) is 16.6. The first-order chi connectivity index (χ1) is 11.8. The second kappa shape index (κ2) is 10.7. The van der Waals surface area contributed by atoms with Gasteiger partial charge in [-0.1, -0.05) is 6.07 Å². The molecule has 0 saturated carbocycles. The number of nitrogens with zero attached hydrogens (tertiary/aromatic N) is 3. The summed E-state index contributed by atoms with van der Waals surface area (Å²) in [6, 6.07) is 5.92. The van der Waals surface area contributed by atoms with Gasteiger partial charge in [0, 0.05) is 31.1 Å². The fourth-order valence-corrected chi connectivity index (χ4v) is 4.05. The van der Waals surface area contributed by atoms with Gasteiger partial charge in [0.1, 0.15) is 0 Å². The molecule has 0 fully saturated rings. The summed E-state index contributed by atoms with van der Waals surface area (Å²) >= 11 is 1.91. The van der Waals surface area contributed by atoms with Crippen molar-refractivity contribution in [1.29, 1.82) is 0 Å². The van der Waals surface area contributed by atoms with Gasteiger partial charge >= 0.3 is 0 Å². The van der Waals surface area contributed by atoms with Crippen molar-refractivity contribution < 1.29 is 0 Å². The van der Waals surface area contributed by atoms with Crippen molar-refractivity contribution in [2.24, 2.45) is 4.99 Å². The number of aryl methyl sites for hydroxylation is 3. The van der Waals surface area contributed by atoms with E-state index in [1.165, 1.54) is 41.3 Å². The third-order valence-corrected chi connectivity index (χ3v) is 5.35. The van der Waals surface area contributed by atoms with E-state index in [1.807, 2.05) is 29.5 Å². The van der Waals surface area contributed by atoms with Gasteiger partial charge < -0.3 is 10.6 Å². The molecule has 136 valence electrons. The Morgan fingerprint density at radius 3 is 2.88 bits per heavy atom. The SMILES string of the molecule is CN=C(NCCCc1nc2c(s1)CCCC2)NCc1ccccn1.I. The molecule has 3 rings (SSSR count). The third-order valence-electron chi connectivity index (χ3n) is 4.14. The van der Waals surface area contributed by atoms with Crippen LogP contribution >= 0.6 is 35.3 Å². The summed E-state index contributed by atoms with van der Waals surface area (Å²) in [7, 11) is 1.79. The van der Waals surface area contributed by atoms with Crippen LogP contribution in [0.1, 0.15) is 40.5 Å². The third kappa shape index (κ3) is 6.22. The minimum atomic E-state index is 0. The van der Waals surface area contributed by atoms with E-state index in [-0.39, 0.29) is 24.0 Å². The molecule has 0 unspecified atom stereocenters. The Labute approximate surface area is 170 Å². The number of aliphatic imine (C=N–C) groups is 1. The summed E-state index contributed by atoms with van der Waals surface area (Å²) in [5, 5.41) is 7.94. The fourth-order valence-electron chi connectivity index (χ4n) is 2.86. The van der Waals surface area contributed by atoms with Crippen molar-refractivity contribution >= 4 is 41.3 Å². The van der Waals surface area contributed by atoms with Crippen molar-refractivity contribution in [2.75, 3.05) is 13.6 Å². The van der Waals surface area contributed by atoms with Crippen LogP contribution in [-0.2, 0) is 25.8 Å². The van der Waals surface area contributed by atoms with E-state index in [0.717, 1.165) is 31.0 Å². The summed E-state index contributed by atoms with van der Waals surface area (Å²) in [6.07, 6.45) is 8.95. The predicted molar refractivity (Wildman–Crippen MR) is 115 cm³/mol. The summed E-state index contributed by atoms with van der Waals surface area (Å²) in [5.41, 5.74) is 2.37. The molecule has 0 aromatic carbocycles. The highest BCUT2D eigenvalue weighted by molar-refractivity contribution is 14.0. The van der Waals surface area contributed by atoms with Crippen LogP contribution in [0, 0.1) is 0 Å². The minimum absolute atomic E-state index is 0. The van der Waals surface area contributed by atoms with Gasteiger partial charge in [0.25, 0.3) is 0 Å². The molecule has 0 radical (unpaired) electrons. The van der Waals surface area contributed by atoms with Gasteiger partial charge in [0.15, 0.2) is 5.96 Å². The lowest BCUT2D eigenvalue weighted by Gasteiger charge is -2.11. The van der Waals surface area contributed by atoms with E-state index in [2.05, 4.69) is 20.6 Å². The number of halogens is 1. The number of thiazole rings is 1. The Morgan fingerprint density at radius 2 is 2.12 bits per heavy atom. The van der Waals surface area contributed by atoms with E-state index >= 15 is 0 Å². The molecule has 7 heteroatoms. The molecule has 0 bridgehead atoms. The maximum absolute atomic E-state index is 4.80. The zero-order valence-electron chi connectivity index (χ0n) is 14.6. The number of guanidine groups is 1. The second-order valence-corrected chi connectivity index (χ2v) is 7.13. The Balaban J connectivity index is 0.00000225. The second-order valence-electron chi connectivity index (χ2n) is 5.96. The molecule has 0 saturated heterocycles. The molecule has 0 atom stereocenters. The van der Waals surface area contributed by atoms with Crippen LogP contribution in [0.2, 0.25) is 0 Å². The van der Waals surface area contributed by atoms with Crippen LogP contribution < -0.4 is 10.6 Å². The molecule has 1 aliphatic rings. The largest absolute Gasteiger partial charge is 0.356 e. The maximum Gasteiger partial charge on any atom is 0.191 e. The molecule has 25 heavy (non-hydrogen) atoms. The first-order valence-electron chi connectivity index (χ1n) is 8.67. The quantitative estimate of drug-likeness (QED) is 0.294. The Bertz CT molecular complexity index is 648. The number of fused-ring (bicyclic) bond motifs is 1. The first kappa shape index (κ1) is 20.1. The summed E-state index contributed by atoms with van der Waals surface area (Å²) in [4.78, 5) is 14.9. The molecule has 2 aromatic heterocycles. The fraction of sp³-hybridized carbons (Fsp3) is 0.500. The maximum atomic E-state index is 4.80. The van der Waals surface area contributed by atoms with Gasteiger partial charge in [-0.2, -0.15) is 0 Å². The lowest BCUT2D eigenvalue weighted by Crippen LogP contribution is -2.37. The number of aromatic nitrogens is 2. The molecule has 2 aromatic rings. The molecule has 2 heterocycles. The van der Waals surface area contributed by atoms with Crippen molar-refractivity contribution in [3.8, 4) is 0 Å². The highest BCUT2D eigenvalue weighted by Crippen LogP contribution is 2.27. The van der Waals surface area contributed by atoms with Crippen LogP contribution in [0.25, 0.3) is 0 Å². The highest BCUT2D eigenvalue weighted by Gasteiger charge is 2.14. The number of rotatable bonds is 6. The normalized spacial score (nSPS) is 13.7. The molecular formula is C18H26IN5S. The van der Waals surface area contributed by atoms with Crippen molar-refractivity contribution in [3.63, 3.8) is 0 Å². The molecule has 0 amide bonds. The number of hydrogen-bond acceptors (Lipinski definition) is 4. The standard InChI is InChI=1S/C18H25N5S.HI/c1-19-18(22-13-14-7-4-5-11-20-14)21-12-6-10-17-23-15-8-2-3-9-16(15)24-17;/h4-5,7,11H,2-3,6,8-10,12-13H2,1H3,(H2,19,21,22);1H. The molecule has 5 nitrogen and oxygen atoms in total. The smallest absolute Gasteiger partial charge is 0.191 e. The lowest BCUT2D eigenvalue weighted by atomic mass is 10.0. The van der Waals surface area contributed by atoms with Crippen LogP contribution in [0.15, 0.2) is 29.4 Å². The topological polar surface area (TPSA) is 62.2 Å². The van der Waals surface area contributed by atoms with Crippen LogP contribution in [0.4, 0.5) is 0 Å². The van der Waals surface area contributed by atoms with E-state index in [9.17, 15) is 0 Å². The Kier molecular flexibility index (Phi) is 8.60. The lowest BCUT2D eigenvalue weighted by molar-refractivity contribution is 0.678. The van der Waals surface area contributed by atoms with Gasteiger partial charge in [0.05, 0.1) is 22.9 Å². The number of nitrogens with one attached hydrogen (secondary N) is 2. The highest BCUT2D eigenvalue weighted by atomic mass is 127. The Hall–Kier alpha value is -1.22. The van der Waals surface area contributed by atoms with Crippen molar-refractivity contribution in [2.45, 2.75) is 45.1 Å². The van der Waals surface area contributed by atoms with Gasteiger partial charge in [-0.3, -0.25) is 9.98 Å². The molecular weight excluding hydrogens is 445 g/mol. The Morgan fingerprint density at radius 1 is 1.24 bits per heavy atom. The summed E-state index contributed by atoms with van der Waals surface area (Å²) < 4.78 is 0. The monoisotopic (exact) mass is 471 g/mol. The zero-order valence-corrected chi connectivity index (χ0v) is 17.8. The van der Waals surface area contributed by atoms with E-state index in [1.54, 1.807) is 13.2 Å². The summed E-state index contributed by atoms with van der Waals surface area (Å²) in [5.74, 6) is 0.819. The van der Waals surface area contributed by atoms with Crippen LogP contribution in [-0.4, -0.2) is 29.5 Å². The van der Waals surface area contributed by atoms with E-state index in [4.69, 9.17) is 4.98 Å². The van der Waals surface area contributed by atoms with E-state index in [0.29, 0.717) is 6.54 Å². The van der Waals surface area contributed by atoms with Gasteiger partial charge in [-0.25, -0.2) is 4.98 Å².